The third-order valence-corrected chi connectivity index (χ3v) is 7.10. The Bertz CT molecular complexity index is 1680. The van der Waals surface area contributed by atoms with Crippen LogP contribution < -0.4 is 19.9 Å². The summed E-state index contributed by atoms with van der Waals surface area (Å²) in [5, 5.41) is 9.81. The zero-order chi connectivity index (χ0) is 29.5. The van der Waals surface area contributed by atoms with Crippen molar-refractivity contribution in [1.29, 1.82) is 0 Å². The Hall–Kier alpha value is -4.69. The molecule has 0 aliphatic carbocycles. The number of hydrogen-bond donors (Lipinski definition) is 2. The molecule has 0 spiro atoms. The number of hydrogen-bond acceptors (Lipinski definition) is 6. The van der Waals surface area contributed by atoms with E-state index >= 15 is 0 Å². The number of benzene rings is 4. The van der Waals surface area contributed by atoms with Crippen LogP contribution >= 0.6 is 11.6 Å². The molecule has 42 heavy (non-hydrogen) atoms. The molecule has 0 unspecified atom stereocenters. The van der Waals surface area contributed by atoms with Gasteiger partial charge in [-0.1, -0.05) is 41.9 Å². The summed E-state index contributed by atoms with van der Waals surface area (Å²) in [5.41, 5.74) is 11.2. The molecule has 1 heterocycles. The molecule has 5 rings (SSSR count). The first kappa shape index (κ1) is 28.8. The maximum Gasteiger partial charge on any atom is 0.303 e. The SMILES string of the molecule is Cn1c(CCOc2ccc(CCC(=O)O)c(OCc3ccc(Cl)cc3)c2)nc2ccc(OCc3cccc(N)c3)cc21. The lowest BCUT2D eigenvalue weighted by Crippen LogP contribution is -2.07. The highest BCUT2D eigenvalue weighted by molar-refractivity contribution is 6.30. The molecule has 0 amide bonds. The van der Waals surface area contributed by atoms with Crippen LogP contribution in [-0.2, 0) is 37.9 Å². The summed E-state index contributed by atoms with van der Waals surface area (Å²) >= 11 is 5.99. The molecule has 5 aromatic rings. The minimum absolute atomic E-state index is 0.0118. The number of aliphatic carboxylic acids is 1. The summed E-state index contributed by atoms with van der Waals surface area (Å²) in [6, 6.07) is 26.4. The number of carboxylic acid groups (broad SMARTS) is 1. The molecule has 0 saturated carbocycles. The van der Waals surface area contributed by atoms with E-state index in [1.165, 1.54) is 0 Å². The molecule has 216 valence electrons. The number of halogens is 1. The number of aromatic nitrogens is 2. The van der Waals surface area contributed by atoms with Gasteiger partial charge in [-0.05, 0) is 65.6 Å². The van der Waals surface area contributed by atoms with Gasteiger partial charge in [-0.3, -0.25) is 4.79 Å². The van der Waals surface area contributed by atoms with Gasteiger partial charge in [-0.15, -0.1) is 0 Å². The number of nitrogen functional groups attached to an aromatic ring is 1. The second kappa shape index (κ2) is 13.3. The smallest absolute Gasteiger partial charge is 0.303 e. The number of anilines is 1. The molecule has 0 saturated heterocycles. The van der Waals surface area contributed by atoms with Gasteiger partial charge in [0.25, 0.3) is 0 Å². The van der Waals surface area contributed by atoms with Crippen molar-refractivity contribution in [2.75, 3.05) is 12.3 Å². The first-order chi connectivity index (χ1) is 20.3. The van der Waals surface area contributed by atoms with Crippen LogP contribution in [0.3, 0.4) is 0 Å². The fourth-order valence-corrected chi connectivity index (χ4v) is 4.72. The van der Waals surface area contributed by atoms with E-state index in [9.17, 15) is 4.79 Å². The van der Waals surface area contributed by atoms with Crippen molar-refractivity contribution in [3.8, 4) is 17.2 Å². The molecule has 9 heteroatoms. The largest absolute Gasteiger partial charge is 0.493 e. The molecule has 1 aromatic heterocycles. The van der Waals surface area contributed by atoms with Crippen LogP contribution in [0.25, 0.3) is 11.0 Å². The fourth-order valence-electron chi connectivity index (χ4n) is 4.59. The summed E-state index contributed by atoms with van der Waals surface area (Å²) in [7, 11) is 1.98. The highest BCUT2D eigenvalue weighted by Gasteiger charge is 2.12. The lowest BCUT2D eigenvalue weighted by molar-refractivity contribution is -0.136. The number of aryl methyl sites for hydroxylation is 2. The van der Waals surface area contributed by atoms with E-state index in [-0.39, 0.29) is 6.42 Å². The number of imidazole rings is 1. The second-order valence-corrected chi connectivity index (χ2v) is 10.4. The maximum atomic E-state index is 11.2. The Balaban J connectivity index is 1.22. The quantitative estimate of drug-likeness (QED) is 0.150. The Morgan fingerprint density at radius 1 is 0.881 bits per heavy atom. The molecule has 0 aliphatic heterocycles. The fraction of sp³-hybridized carbons (Fsp3) is 0.212. The molecule has 0 atom stereocenters. The van der Waals surface area contributed by atoms with Gasteiger partial charge in [0.05, 0.1) is 17.6 Å². The maximum absolute atomic E-state index is 11.2. The van der Waals surface area contributed by atoms with Gasteiger partial charge in [-0.25, -0.2) is 4.98 Å². The number of nitrogens with two attached hydrogens (primary N) is 1. The van der Waals surface area contributed by atoms with Gasteiger partial charge < -0.3 is 29.6 Å². The predicted molar refractivity (Wildman–Crippen MR) is 163 cm³/mol. The van der Waals surface area contributed by atoms with E-state index in [0.29, 0.717) is 54.9 Å². The normalized spacial score (nSPS) is 11.0. The molecule has 8 nitrogen and oxygen atoms in total. The topological polar surface area (TPSA) is 109 Å². The molecule has 3 N–H and O–H groups in total. The van der Waals surface area contributed by atoms with Gasteiger partial charge in [-0.2, -0.15) is 0 Å². The molecule has 0 aliphatic rings. The predicted octanol–water partition coefficient (Wildman–Crippen LogP) is 6.61. The third kappa shape index (κ3) is 7.53. The van der Waals surface area contributed by atoms with Crippen molar-refractivity contribution >= 4 is 34.3 Å². The Labute approximate surface area is 249 Å². The van der Waals surface area contributed by atoms with Crippen LogP contribution in [-0.4, -0.2) is 27.2 Å². The van der Waals surface area contributed by atoms with Crippen molar-refractivity contribution in [3.05, 3.63) is 112 Å². The number of nitrogens with zero attached hydrogens (tertiary/aromatic N) is 2. The molecule has 0 fully saturated rings. The van der Waals surface area contributed by atoms with E-state index < -0.39 is 5.97 Å². The van der Waals surface area contributed by atoms with Gasteiger partial charge in [0.1, 0.15) is 36.3 Å². The molecule has 0 bridgehead atoms. The Kier molecular flexibility index (Phi) is 9.14. The van der Waals surface area contributed by atoms with Crippen molar-refractivity contribution in [2.24, 2.45) is 7.05 Å². The lowest BCUT2D eigenvalue weighted by atomic mass is 10.1. The average Bonchev–Trinajstić information content (AvgIpc) is 3.29. The number of rotatable bonds is 13. The third-order valence-electron chi connectivity index (χ3n) is 6.85. The van der Waals surface area contributed by atoms with E-state index in [1.54, 1.807) is 12.1 Å². The zero-order valence-corrected chi connectivity index (χ0v) is 24.0. The van der Waals surface area contributed by atoms with Gasteiger partial charge in [0.15, 0.2) is 0 Å². The molecular formula is C33H32ClN3O5. The number of carboxylic acids is 1. The molecule has 0 radical (unpaired) electrons. The van der Waals surface area contributed by atoms with Crippen LogP contribution in [0, 0.1) is 0 Å². The van der Waals surface area contributed by atoms with E-state index in [0.717, 1.165) is 39.3 Å². The lowest BCUT2D eigenvalue weighted by Gasteiger charge is -2.14. The van der Waals surface area contributed by atoms with E-state index in [1.807, 2.05) is 84.4 Å². The van der Waals surface area contributed by atoms with E-state index in [2.05, 4.69) is 0 Å². The van der Waals surface area contributed by atoms with Crippen LogP contribution in [0.1, 0.15) is 28.9 Å². The number of ether oxygens (including phenoxy) is 3. The van der Waals surface area contributed by atoms with Crippen molar-refractivity contribution < 1.29 is 24.1 Å². The zero-order valence-electron chi connectivity index (χ0n) is 23.3. The minimum atomic E-state index is -0.860. The second-order valence-electron chi connectivity index (χ2n) is 9.95. The van der Waals surface area contributed by atoms with E-state index in [4.69, 9.17) is 41.6 Å². The molecular weight excluding hydrogens is 554 g/mol. The number of carbonyl (C=O) groups is 1. The minimum Gasteiger partial charge on any atom is -0.493 e. The molecule has 4 aromatic carbocycles. The summed E-state index contributed by atoms with van der Waals surface area (Å²) in [4.78, 5) is 15.9. The highest BCUT2D eigenvalue weighted by Crippen LogP contribution is 2.28. The van der Waals surface area contributed by atoms with Crippen LogP contribution in [0.5, 0.6) is 17.2 Å². The Morgan fingerprint density at radius 3 is 2.43 bits per heavy atom. The summed E-state index contributed by atoms with van der Waals surface area (Å²) < 4.78 is 20.2. The summed E-state index contributed by atoms with van der Waals surface area (Å²) in [5.74, 6) is 2.01. The van der Waals surface area contributed by atoms with Crippen molar-refractivity contribution in [1.82, 2.24) is 9.55 Å². The van der Waals surface area contributed by atoms with Crippen molar-refractivity contribution in [2.45, 2.75) is 32.5 Å². The van der Waals surface area contributed by atoms with Crippen LogP contribution in [0.4, 0.5) is 5.69 Å². The summed E-state index contributed by atoms with van der Waals surface area (Å²) in [6.07, 6.45) is 0.959. The monoisotopic (exact) mass is 585 g/mol. The first-order valence-corrected chi connectivity index (χ1v) is 14.0. The first-order valence-electron chi connectivity index (χ1n) is 13.6. The number of fused-ring (bicyclic) bond motifs is 1. The van der Waals surface area contributed by atoms with Gasteiger partial charge in [0.2, 0.25) is 0 Å². The average molecular weight is 586 g/mol. The van der Waals surface area contributed by atoms with Gasteiger partial charge in [0, 0.05) is 42.7 Å². The Morgan fingerprint density at radius 2 is 1.64 bits per heavy atom. The standard InChI is InChI=1S/C33H32ClN3O5/c1-37-30-18-27(41-21-23-3-2-4-26(35)17-23)12-13-29(30)36-32(37)15-16-40-28-11-7-24(8-14-33(38)39)31(19-28)42-20-22-5-9-25(34)10-6-22/h2-7,9-13,17-19H,8,14-16,20-21,35H2,1H3,(H,38,39). The highest BCUT2D eigenvalue weighted by atomic mass is 35.5. The van der Waals surface area contributed by atoms with Crippen molar-refractivity contribution in [3.63, 3.8) is 0 Å². The van der Waals surface area contributed by atoms with Crippen LogP contribution in [0.15, 0.2) is 84.9 Å². The van der Waals surface area contributed by atoms with Crippen LogP contribution in [0.2, 0.25) is 5.02 Å². The van der Waals surface area contributed by atoms with Gasteiger partial charge >= 0.3 is 5.97 Å². The summed E-state index contributed by atoms with van der Waals surface area (Å²) in [6.45, 7) is 1.16.